The molecule has 2 aromatic rings. The number of carbonyl (C=O) groups is 1. The number of rotatable bonds is 7. The molecule has 136 valence electrons. The molecule has 0 saturated heterocycles. The molecule has 1 atom stereocenters. The number of aliphatic imine (C=N–C) groups is 1. The highest BCUT2D eigenvalue weighted by atomic mass is 35.5. The molecule has 0 aliphatic carbocycles. The van der Waals surface area contributed by atoms with E-state index in [9.17, 15) is 14.9 Å². The molecule has 26 heavy (non-hydrogen) atoms. The highest BCUT2D eigenvalue weighted by Gasteiger charge is 2.18. The lowest BCUT2D eigenvalue weighted by Gasteiger charge is -2.15. The summed E-state index contributed by atoms with van der Waals surface area (Å²) in [5.74, 6) is -0.589. The van der Waals surface area contributed by atoms with Gasteiger partial charge in [-0.05, 0) is 31.2 Å². The van der Waals surface area contributed by atoms with Crippen molar-refractivity contribution in [3.8, 4) is 11.5 Å². The molecule has 9 heteroatoms. The molecule has 1 N–H and O–H groups in total. The van der Waals surface area contributed by atoms with Gasteiger partial charge in [-0.15, -0.1) is 0 Å². The topological polar surface area (TPSA) is 111 Å². The highest BCUT2D eigenvalue weighted by molar-refractivity contribution is 6.32. The van der Waals surface area contributed by atoms with Gasteiger partial charge in [-0.3, -0.25) is 15.1 Å². The first kappa shape index (κ1) is 19.2. The van der Waals surface area contributed by atoms with Crippen LogP contribution in [0, 0.1) is 10.1 Å². The normalized spacial score (nSPS) is 12.0. The molecule has 0 aliphatic rings. The van der Waals surface area contributed by atoms with Gasteiger partial charge in [-0.1, -0.05) is 17.7 Å². The van der Waals surface area contributed by atoms with Gasteiger partial charge in [-0.2, -0.15) is 0 Å². The molecule has 0 saturated carbocycles. The zero-order chi connectivity index (χ0) is 19.3. The van der Waals surface area contributed by atoms with Crippen molar-refractivity contribution in [1.29, 1.82) is 0 Å². The lowest BCUT2D eigenvalue weighted by Crippen LogP contribution is -2.23. The molecule has 0 unspecified atom stereocenters. The van der Waals surface area contributed by atoms with E-state index < -0.39 is 17.0 Å². The van der Waals surface area contributed by atoms with Crippen molar-refractivity contribution in [3.63, 3.8) is 0 Å². The second kappa shape index (κ2) is 8.30. The van der Waals surface area contributed by atoms with Crippen LogP contribution >= 0.6 is 11.6 Å². The molecule has 0 bridgehead atoms. The summed E-state index contributed by atoms with van der Waals surface area (Å²) in [6.45, 7) is 1.39. The highest BCUT2D eigenvalue weighted by Crippen LogP contribution is 2.32. The van der Waals surface area contributed by atoms with Crippen molar-refractivity contribution >= 4 is 35.2 Å². The third-order valence-electron chi connectivity index (χ3n) is 3.35. The Morgan fingerprint density at radius 3 is 2.73 bits per heavy atom. The number of aliphatic carboxylic acids is 1. The summed E-state index contributed by atoms with van der Waals surface area (Å²) >= 11 is 5.77. The number of para-hydroxylation sites is 1. The minimum absolute atomic E-state index is 0.00892. The van der Waals surface area contributed by atoms with Crippen molar-refractivity contribution in [3.05, 3.63) is 57.1 Å². The molecule has 0 spiro atoms. The van der Waals surface area contributed by atoms with Crippen LogP contribution in [-0.4, -0.2) is 35.4 Å². The Morgan fingerprint density at radius 2 is 2.12 bits per heavy atom. The summed E-state index contributed by atoms with van der Waals surface area (Å²) < 4.78 is 10.7. The number of hydrogen-bond donors (Lipinski definition) is 1. The fourth-order valence-electron chi connectivity index (χ4n) is 2.01. The summed E-state index contributed by atoms with van der Waals surface area (Å²) in [6, 6.07) is 9.09. The van der Waals surface area contributed by atoms with Gasteiger partial charge in [0.1, 0.15) is 5.02 Å². The molecule has 2 rings (SSSR count). The molecule has 0 aliphatic heterocycles. The molecule has 2 aromatic carbocycles. The summed E-state index contributed by atoms with van der Waals surface area (Å²) in [7, 11) is 1.43. The molecular weight excluding hydrogens is 364 g/mol. The molecule has 0 radical (unpaired) electrons. The van der Waals surface area contributed by atoms with Gasteiger partial charge in [0.25, 0.3) is 5.69 Å². The fourth-order valence-corrected chi connectivity index (χ4v) is 2.20. The third kappa shape index (κ3) is 4.48. The number of carboxylic acids is 1. The molecule has 0 heterocycles. The Morgan fingerprint density at radius 1 is 1.38 bits per heavy atom. The minimum Gasteiger partial charge on any atom is -0.493 e. The van der Waals surface area contributed by atoms with Crippen LogP contribution in [0.4, 0.5) is 11.4 Å². The van der Waals surface area contributed by atoms with E-state index in [1.165, 1.54) is 38.4 Å². The third-order valence-corrected chi connectivity index (χ3v) is 3.67. The van der Waals surface area contributed by atoms with E-state index >= 15 is 0 Å². The van der Waals surface area contributed by atoms with Crippen LogP contribution in [0.2, 0.25) is 5.02 Å². The van der Waals surface area contributed by atoms with E-state index in [2.05, 4.69) is 4.99 Å². The van der Waals surface area contributed by atoms with Gasteiger partial charge >= 0.3 is 5.97 Å². The average molecular weight is 379 g/mol. The van der Waals surface area contributed by atoms with Crippen LogP contribution in [0.5, 0.6) is 11.5 Å². The van der Waals surface area contributed by atoms with Gasteiger partial charge in [-0.25, -0.2) is 4.79 Å². The minimum atomic E-state index is -1.13. The van der Waals surface area contributed by atoms with Crippen LogP contribution in [0.3, 0.4) is 0 Å². The molecule has 0 aromatic heterocycles. The average Bonchev–Trinajstić information content (AvgIpc) is 2.61. The summed E-state index contributed by atoms with van der Waals surface area (Å²) in [5.41, 5.74) is 0.499. The SMILES string of the molecule is COc1cccc(C=Nc2ccc(Cl)c([N+](=O)[O-])c2)c1O[C@@H](C)C(=O)O. The molecular formula is C17H15ClN2O6. The van der Waals surface area contributed by atoms with Crippen molar-refractivity contribution in [2.24, 2.45) is 4.99 Å². The largest absolute Gasteiger partial charge is 0.493 e. The van der Waals surface area contributed by atoms with Crippen molar-refractivity contribution < 1.29 is 24.3 Å². The van der Waals surface area contributed by atoms with Gasteiger partial charge in [0.2, 0.25) is 0 Å². The first-order valence-electron chi connectivity index (χ1n) is 7.38. The maximum Gasteiger partial charge on any atom is 0.344 e. The van der Waals surface area contributed by atoms with Crippen molar-refractivity contribution in [2.75, 3.05) is 7.11 Å². The predicted octanol–water partition coefficient (Wildman–Crippen LogP) is 3.86. The maximum atomic E-state index is 11.1. The fraction of sp³-hybridized carbons (Fsp3) is 0.176. The second-order valence-electron chi connectivity index (χ2n) is 5.13. The zero-order valence-electron chi connectivity index (χ0n) is 13.9. The van der Waals surface area contributed by atoms with Crippen LogP contribution in [0.25, 0.3) is 0 Å². The Balaban J connectivity index is 2.40. The summed E-state index contributed by atoms with van der Waals surface area (Å²) in [4.78, 5) is 25.6. The van der Waals surface area contributed by atoms with E-state index in [1.54, 1.807) is 18.2 Å². The number of nitro benzene ring substituents is 1. The first-order chi connectivity index (χ1) is 12.3. The summed E-state index contributed by atoms with van der Waals surface area (Å²) in [6.07, 6.45) is 0.300. The monoisotopic (exact) mass is 378 g/mol. The van der Waals surface area contributed by atoms with Gasteiger partial charge in [0, 0.05) is 17.8 Å². The quantitative estimate of drug-likeness (QED) is 0.445. The number of methoxy groups -OCH3 is 1. The maximum absolute atomic E-state index is 11.1. The number of ether oxygens (including phenoxy) is 2. The Hall–Kier alpha value is -3.13. The smallest absolute Gasteiger partial charge is 0.344 e. The number of hydrogen-bond acceptors (Lipinski definition) is 6. The Labute approximate surface area is 153 Å². The first-order valence-corrected chi connectivity index (χ1v) is 7.75. The van der Waals surface area contributed by atoms with Gasteiger partial charge < -0.3 is 14.6 Å². The molecule has 0 fully saturated rings. The van der Waals surface area contributed by atoms with Crippen molar-refractivity contribution in [1.82, 2.24) is 0 Å². The molecule has 8 nitrogen and oxygen atoms in total. The second-order valence-corrected chi connectivity index (χ2v) is 5.54. The van der Waals surface area contributed by atoms with Gasteiger partial charge in [0.05, 0.1) is 17.7 Å². The van der Waals surface area contributed by atoms with E-state index in [0.717, 1.165) is 0 Å². The number of halogens is 1. The standard InChI is InChI=1S/C17H15ClN2O6/c1-10(17(21)22)26-16-11(4-3-5-15(16)25-2)9-19-12-6-7-13(18)14(8-12)20(23)24/h3-10H,1-2H3,(H,21,22)/t10-/m0/s1. The number of nitrogens with zero attached hydrogens (tertiary/aromatic N) is 2. The number of nitro groups is 1. The number of carboxylic acid groups (broad SMARTS) is 1. The van der Waals surface area contributed by atoms with E-state index in [-0.39, 0.29) is 16.5 Å². The van der Waals surface area contributed by atoms with Crippen LogP contribution in [0.1, 0.15) is 12.5 Å². The van der Waals surface area contributed by atoms with Gasteiger partial charge in [0.15, 0.2) is 17.6 Å². The van der Waals surface area contributed by atoms with Crippen LogP contribution < -0.4 is 9.47 Å². The zero-order valence-corrected chi connectivity index (χ0v) is 14.6. The lowest BCUT2D eigenvalue weighted by molar-refractivity contribution is -0.384. The number of benzene rings is 2. The Kier molecular flexibility index (Phi) is 6.13. The van der Waals surface area contributed by atoms with Crippen LogP contribution in [0.15, 0.2) is 41.4 Å². The van der Waals surface area contributed by atoms with E-state index in [0.29, 0.717) is 17.0 Å². The van der Waals surface area contributed by atoms with E-state index in [4.69, 9.17) is 26.2 Å². The summed E-state index contributed by atoms with van der Waals surface area (Å²) in [5, 5.41) is 20.0. The lowest BCUT2D eigenvalue weighted by atomic mass is 10.2. The van der Waals surface area contributed by atoms with Crippen LogP contribution in [-0.2, 0) is 4.79 Å². The predicted molar refractivity (Wildman–Crippen MR) is 96.1 cm³/mol. The molecule has 0 amide bonds. The van der Waals surface area contributed by atoms with Crippen molar-refractivity contribution in [2.45, 2.75) is 13.0 Å². The Bertz CT molecular complexity index is 868. The van der Waals surface area contributed by atoms with E-state index in [1.807, 2.05) is 0 Å².